The van der Waals surface area contributed by atoms with Gasteiger partial charge in [-0.15, -0.1) is 0 Å². The van der Waals surface area contributed by atoms with Gasteiger partial charge < -0.3 is 81.1 Å². The van der Waals surface area contributed by atoms with Crippen molar-refractivity contribution >= 4 is 70.1 Å². The highest BCUT2D eigenvalue weighted by atomic mass is 16.4. The van der Waals surface area contributed by atoms with Gasteiger partial charge >= 0.3 is 5.97 Å². The molecule has 1 fully saturated rings. The van der Waals surface area contributed by atoms with Crippen molar-refractivity contribution in [3.63, 3.8) is 0 Å². The molecule has 0 unspecified atom stereocenters. The molecule has 0 aliphatic carbocycles. The minimum absolute atomic E-state index is 0.0228. The maximum atomic E-state index is 13.9. The Kier molecular flexibility index (Phi) is 21.2. The number of guanidine groups is 2. The molecule has 2 aromatic rings. The number of aliphatic hydroxyl groups is 1. The first-order valence-corrected chi connectivity index (χ1v) is 22.0. The highest BCUT2D eigenvalue weighted by Crippen LogP contribution is 2.21. The van der Waals surface area contributed by atoms with Crippen LogP contribution in [0.3, 0.4) is 0 Å². The highest BCUT2D eigenvalue weighted by Gasteiger charge is 2.39. The largest absolute Gasteiger partial charge is 0.480 e. The minimum Gasteiger partial charge on any atom is -0.480 e. The summed E-state index contributed by atoms with van der Waals surface area (Å²) in [6.07, 6.45) is 0.465. The molecule has 20 N–H and O–H groups in total. The van der Waals surface area contributed by atoms with Crippen LogP contribution in [-0.2, 0) is 44.8 Å². The number of hydrogen-bond donors (Lipinski definition) is 14. The van der Waals surface area contributed by atoms with E-state index in [0.717, 1.165) is 21.4 Å². The Bertz CT molecular complexity index is 2120. The van der Waals surface area contributed by atoms with Gasteiger partial charge in [0.15, 0.2) is 11.9 Å². The van der Waals surface area contributed by atoms with Gasteiger partial charge in [-0.2, -0.15) is 0 Å². The van der Waals surface area contributed by atoms with E-state index in [4.69, 9.17) is 34.4 Å². The maximum Gasteiger partial charge on any atom is 0.326 e. The summed E-state index contributed by atoms with van der Waals surface area (Å²) in [5, 5.41) is 34.0. The number of hydrogen-bond acceptors (Lipinski definition) is 12. The van der Waals surface area contributed by atoms with Crippen LogP contribution in [0.4, 0.5) is 0 Å². The van der Waals surface area contributed by atoms with Crippen LogP contribution in [0.2, 0.25) is 0 Å². The number of aliphatic carboxylic acids is 1. The molecule has 0 saturated carbocycles. The predicted molar refractivity (Wildman–Crippen MR) is 247 cm³/mol. The van der Waals surface area contributed by atoms with Gasteiger partial charge in [0.1, 0.15) is 36.3 Å². The molecule has 370 valence electrons. The molecule has 1 aliphatic rings. The van der Waals surface area contributed by atoms with Gasteiger partial charge in [-0.05, 0) is 75.8 Å². The number of nitrogens with one attached hydrogen (secondary N) is 6. The number of aromatic nitrogens is 1. The zero-order valence-corrected chi connectivity index (χ0v) is 38.0. The lowest BCUT2D eigenvalue weighted by molar-refractivity contribution is -0.149. The number of carbonyl (C=O) groups excluding carboxylic acids is 7. The first kappa shape index (κ1) is 54.3. The quantitative estimate of drug-likeness (QED) is 0.0230. The van der Waals surface area contributed by atoms with Crippen molar-refractivity contribution in [2.24, 2.45) is 50.3 Å². The van der Waals surface area contributed by atoms with Gasteiger partial charge in [0.2, 0.25) is 41.4 Å². The molecular weight excluding hydrogens is 875 g/mol. The molecule has 2 heterocycles. The number of benzene rings is 1. The van der Waals surface area contributed by atoms with Crippen molar-refractivity contribution in [3.05, 3.63) is 36.0 Å². The molecule has 3 rings (SSSR count). The third-order valence-electron chi connectivity index (χ3n) is 11.0. The number of carbonyl (C=O) groups is 8. The summed E-state index contributed by atoms with van der Waals surface area (Å²) in [5.41, 5.74) is 35.1. The van der Waals surface area contributed by atoms with E-state index in [-0.39, 0.29) is 76.5 Å². The van der Waals surface area contributed by atoms with Crippen molar-refractivity contribution in [3.8, 4) is 0 Å². The normalized spacial score (nSPS) is 16.6. The number of rotatable bonds is 27. The Labute approximate surface area is 387 Å². The summed E-state index contributed by atoms with van der Waals surface area (Å²) in [6.45, 7) is 4.68. The van der Waals surface area contributed by atoms with E-state index >= 15 is 0 Å². The Balaban J connectivity index is 1.80. The summed E-state index contributed by atoms with van der Waals surface area (Å²) in [4.78, 5) is 119. The third kappa shape index (κ3) is 17.0. The summed E-state index contributed by atoms with van der Waals surface area (Å²) in [6, 6.07) is -1.95. The first-order chi connectivity index (χ1) is 31.6. The number of para-hydroxylation sites is 1. The summed E-state index contributed by atoms with van der Waals surface area (Å²) >= 11 is 0. The van der Waals surface area contributed by atoms with Gasteiger partial charge in [-0.25, -0.2) is 4.79 Å². The lowest BCUT2D eigenvalue weighted by Gasteiger charge is -2.30. The SMILES string of the molecule is CC(C)[C@H](NC(=O)[C@H](CCCN=C(N)N)NC(=O)[C@@H](N)Cc1c[nH]c2ccccc12)C(=O)N[C@H](C(=O)N[C@@H](CCC(N)=O)C(=O)N[C@@H](CCCN=C(N)N)C(=O)N1CCC[C@H]1C(=O)O)[C@@H](C)O. The Morgan fingerprint density at radius 3 is 1.87 bits per heavy atom. The summed E-state index contributed by atoms with van der Waals surface area (Å²) in [5.74, 6) is -8.19. The molecule has 0 spiro atoms. The number of primary amides is 1. The molecule has 0 bridgehead atoms. The molecule has 1 aromatic heterocycles. The number of aliphatic imine (C=N–C) groups is 2. The van der Waals surface area contributed by atoms with Crippen LogP contribution < -0.4 is 61.0 Å². The van der Waals surface area contributed by atoms with E-state index in [1.54, 1.807) is 20.0 Å². The fraction of sp³-hybridized carbons (Fsp3) is 0.571. The molecular formula is C42H67N15O10. The zero-order chi connectivity index (χ0) is 50.0. The smallest absolute Gasteiger partial charge is 0.326 e. The number of aliphatic hydroxyl groups excluding tert-OH is 1. The molecule has 67 heavy (non-hydrogen) atoms. The van der Waals surface area contributed by atoms with Gasteiger partial charge in [-0.1, -0.05) is 32.0 Å². The van der Waals surface area contributed by atoms with Crippen LogP contribution in [-0.4, -0.2) is 147 Å². The minimum atomic E-state index is -1.75. The summed E-state index contributed by atoms with van der Waals surface area (Å²) < 4.78 is 0. The van der Waals surface area contributed by atoms with E-state index < -0.39 is 108 Å². The van der Waals surface area contributed by atoms with Gasteiger partial charge in [0, 0.05) is 43.2 Å². The molecule has 25 nitrogen and oxygen atoms in total. The van der Waals surface area contributed by atoms with Gasteiger partial charge in [0.05, 0.1) is 12.1 Å². The predicted octanol–water partition coefficient (Wildman–Crippen LogP) is -4.05. The number of carboxylic acid groups (broad SMARTS) is 1. The number of fused-ring (bicyclic) bond motifs is 1. The second kappa shape index (κ2) is 26.2. The number of H-pyrrole nitrogens is 1. The fourth-order valence-corrected chi connectivity index (χ4v) is 7.46. The van der Waals surface area contributed by atoms with E-state index in [1.807, 2.05) is 24.3 Å². The molecule has 7 amide bonds. The molecule has 1 aromatic carbocycles. The van der Waals surface area contributed by atoms with Crippen molar-refractivity contribution < 1.29 is 48.6 Å². The van der Waals surface area contributed by atoms with Crippen LogP contribution in [0.15, 0.2) is 40.4 Å². The van der Waals surface area contributed by atoms with Crippen molar-refractivity contribution in [1.29, 1.82) is 0 Å². The average molecular weight is 942 g/mol. The van der Waals surface area contributed by atoms with Crippen LogP contribution in [0.25, 0.3) is 10.9 Å². The molecule has 25 heteroatoms. The van der Waals surface area contributed by atoms with E-state index in [0.29, 0.717) is 6.42 Å². The topological polar surface area (TPSA) is 437 Å². The Hall–Kier alpha value is -7.02. The van der Waals surface area contributed by atoms with Crippen molar-refractivity contribution in [2.75, 3.05) is 19.6 Å². The molecule has 1 aliphatic heterocycles. The van der Waals surface area contributed by atoms with Crippen molar-refractivity contribution in [2.45, 2.75) is 127 Å². The van der Waals surface area contributed by atoms with Gasteiger partial charge in [-0.3, -0.25) is 43.5 Å². The number of carboxylic acids is 1. The number of likely N-dealkylation sites (tertiary alicyclic amines) is 1. The molecule has 1 saturated heterocycles. The zero-order valence-electron chi connectivity index (χ0n) is 38.0. The monoisotopic (exact) mass is 942 g/mol. The number of nitrogens with two attached hydrogens (primary N) is 6. The van der Waals surface area contributed by atoms with Crippen LogP contribution in [0.5, 0.6) is 0 Å². The molecule has 8 atom stereocenters. The van der Waals surface area contributed by atoms with Crippen LogP contribution >= 0.6 is 0 Å². The van der Waals surface area contributed by atoms with Gasteiger partial charge in [0.25, 0.3) is 0 Å². The lowest BCUT2D eigenvalue weighted by Crippen LogP contribution is -2.62. The highest BCUT2D eigenvalue weighted by molar-refractivity contribution is 5.98. The summed E-state index contributed by atoms with van der Waals surface area (Å²) in [7, 11) is 0. The molecule has 0 radical (unpaired) electrons. The Morgan fingerprint density at radius 2 is 1.28 bits per heavy atom. The second-order valence-corrected chi connectivity index (χ2v) is 16.7. The average Bonchev–Trinajstić information content (AvgIpc) is 3.92. The number of nitrogens with zero attached hydrogens (tertiary/aromatic N) is 3. The van der Waals surface area contributed by atoms with Crippen molar-refractivity contribution in [1.82, 2.24) is 36.5 Å². The van der Waals surface area contributed by atoms with E-state index in [1.165, 1.54) is 6.92 Å². The standard InChI is InChI=1S/C42H67N15O10/c1-21(2)32(55-36(62)27(11-6-16-49-41(45)46)52-34(60)25(43)19-23-20-51-26-10-5-4-9-24(23)26)37(63)56-33(22(3)58)38(64)53-28(14-15-31(44)59)35(61)54-29(12-7-17-50-42(47)48)39(65)57-18-8-13-30(57)40(66)67/h4-5,9-10,20-22,25,27-30,32-33,51,58H,6-8,11-19,43H2,1-3H3,(H2,44,59)(H,52,60)(H,53,64)(H,54,61)(H,55,62)(H,56,63)(H,66,67)(H4,45,46,49)(H4,47,48,50)/t22-,25+,27+,28+,29+,30+,32+,33+/m1/s1. The number of aromatic amines is 1. The fourth-order valence-electron chi connectivity index (χ4n) is 7.46. The van der Waals surface area contributed by atoms with Crippen LogP contribution in [0.1, 0.15) is 77.7 Å². The first-order valence-electron chi connectivity index (χ1n) is 22.0. The maximum absolute atomic E-state index is 13.9. The number of amides is 7. The van der Waals surface area contributed by atoms with E-state index in [2.05, 4.69) is 41.6 Å². The lowest BCUT2D eigenvalue weighted by atomic mass is 10.0. The van der Waals surface area contributed by atoms with E-state index in [9.17, 15) is 48.6 Å². The third-order valence-corrected chi connectivity index (χ3v) is 11.0. The second-order valence-electron chi connectivity index (χ2n) is 16.7. The van der Waals surface area contributed by atoms with Crippen LogP contribution in [0, 0.1) is 5.92 Å². The Morgan fingerprint density at radius 1 is 0.746 bits per heavy atom.